The van der Waals surface area contributed by atoms with E-state index in [0.29, 0.717) is 18.7 Å². The van der Waals surface area contributed by atoms with E-state index >= 15 is 0 Å². The predicted octanol–water partition coefficient (Wildman–Crippen LogP) is 3.19. The average Bonchev–Trinajstić information content (AvgIpc) is 2.69. The van der Waals surface area contributed by atoms with Gasteiger partial charge in [-0.25, -0.2) is 17.8 Å². The molecule has 2 N–H and O–H groups in total. The second kappa shape index (κ2) is 8.52. The molecule has 9 heteroatoms. The first-order chi connectivity index (χ1) is 12.9. The van der Waals surface area contributed by atoms with Crippen LogP contribution in [0.2, 0.25) is 5.02 Å². The van der Waals surface area contributed by atoms with Gasteiger partial charge in [0.15, 0.2) is 0 Å². The van der Waals surface area contributed by atoms with Gasteiger partial charge in [0.1, 0.15) is 16.5 Å². The molecule has 0 saturated carbocycles. The summed E-state index contributed by atoms with van der Waals surface area (Å²) in [6, 6.07) is 7.09. The van der Waals surface area contributed by atoms with Crippen molar-refractivity contribution in [1.29, 1.82) is 0 Å². The Morgan fingerprint density at radius 3 is 2.70 bits per heavy atom. The van der Waals surface area contributed by atoms with Crippen LogP contribution in [0.3, 0.4) is 0 Å². The van der Waals surface area contributed by atoms with Gasteiger partial charge in [-0.1, -0.05) is 24.1 Å². The maximum Gasteiger partial charge on any atom is 0.246 e. The molecule has 3 rings (SSSR count). The van der Waals surface area contributed by atoms with Crippen molar-refractivity contribution in [2.24, 2.45) is 0 Å². The van der Waals surface area contributed by atoms with E-state index in [1.807, 2.05) is 0 Å². The molecule has 1 aliphatic heterocycles. The molecular weight excluding hydrogens is 393 g/mol. The summed E-state index contributed by atoms with van der Waals surface area (Å²) in [7, 11) is -3.67. The lowest BCUT2D eigenvalue weighted by atomic mass is 10.1. The Morgan fingerprint density at radius 2 is 2.00 bits per heavy atom. The molecule has 0 amide bonds. The monoisotopic (exact) mass is 413 g/mol. The van der Waals surface area contributed by atoms with Crippen LogP contribution in [0.25, 0.3) is 0 Å². The summed E-state index contributed by atoms with van der Waals surface area (Å²) >= 11 is 5.65. The van der Waals surface area contributed by atoms with E-state index in [0.717, 1.165) is 25.3 Å². The first-order valence-corrected chi connectivity index (χ1v) is 10.5. The molecule has 1 aromatic heterocycles. The minimum Gasteiger partial charge on any atom is -0.387 e. The number of anilines is 1. The molecule has 2 heterocycles. The summed E-state index contributed by atoms with van der Waals surface area (Å²) in [6.45, 7) is 0.952. The van der Waals surface area contributed by atoms with Crippen molar-refractivity contribution in [3.8, 4) is 0 Å². The number of aliphatic hydroxyl groups is 1. The fourth-order valence-corrected chi connectivity index (χ4v) is 4.76. The van der Waals surface area contributed by atoms with Crippen LogP contribution in [0.4, 0.5) is 10.2 Å². The van der Waals surface area contributed by atoms with Crippen LogP contribution in [-0.2, 0) is 10.0 Å². The first kappa shape index (κ1) is 20.0. The van der Waals surface area contributed by atoms with Crippen molar-refractivity contribution in [2.75, 3.05) is 25.0 Å². The Kier molecular flexibility index (Phi) is 6.31. The lowest BCUT2D eigenvalue weighted by Crippen LogP contribution is -2.36. The number of rotatable bonds is 6. The number of halogens is 2. The van der Waals surface area contributed by atoms with Crippen LogP contribution in [0.15, 0.2) is 41.4 Å². The molecule has 1 fully saturated rings. The standard InChI is InChI=1S/C18H21ClFN3O3S/c19-14-7-6-13(11-15(14)20)16(24)12-22-18-17(5-4-8-21-18)27(25,26)23-9-2-1-3-10-23/h4-8,11,16,24H,1-3,9-10,12H2,(H,21,22). The van der Waals surface area contributed by atoms with E-state index in [1.54, 1.807) is 6.07 Å². The topological polar surface area (TPSA) is 82.5 Å². The van der Waals surface area contributed by atoms with E-state index in [1.165, 1.54) is 28.7 Å². The van der Waals surface area contributed by atoms with Gasteiger partial charge in [-0.2, -0.15) is 4.31 Å². The molecular formula is C18H21ClFN3O3S. The first-order valence-electron chi connectivity index (χ1n) is 8.71. The Hall–Kier alpha value is -1.74. The minimum atomic E-state index is -3.67. The summed E-state index contributed by atoms with van der Waals surface area (Å²) in [6.07, 6.45) is 3.12. The highest BCUT2D eigenvalue weighted by molar-refractivity contribution is 7.89. The fourth-order valence-electron chi connectivity index (χ4n) is 3.01. The number of nitrogens with one attached hydrogen (secondary N) is 1. The highest BCUT2D eigenvalue weighted by atomic mass is 35.5. The maximum absolute atomic E-state index is 13.6. The molecule has 6 nitrogen and oxygen atoms in total. The summed E-state index contributed by atoms with van der Waals surface area (Å²) in [4.78, 5) is 4.18. The smallest absolute Gasteiger partial charge is 0.246 e. The number of hydrogen-bond acceptors (Lipinski definition) is 5. The van der Waals surface area contributed by atoms with Crippen molar-refractivity contribution in [3.05, 3.63) is 52.9 Å². The van der Waals surface area contributed by atoms with Gasteiger partial charge >= 0.3 is 0 Å². The highest BCUT2D eigenvalue weighted by Gasteiger charge is 2.28. The molecule has 1 atom stereocenters. The van der Waals surface area contributed by atoms with Crippen molar-refractivity contribution in [3.63, 3.8) is 0 Å². The van der Waals surface area contributed by atoms with Gasteiger partial charge in [-0.3, -0.25) is 0 Å². The van der Waals surface area contributed by atoms with E-state index in [9.17, 15) is 17.9 Å². The zero-order valence-electron chi connectivity index (χ0n) is 14.6. The molecule has 146 valence electrons. The largest absolute Gasteiger partial charge is 0.387 e. The van der Waals surface area contributed by atoms with Crippen molar-refractivity contribution >= 4 is 27.4 Å². The summed E-state index contributed by atoms with van der Waals surface area (Å²) < 4.78 is 40.9. The van der Waals surface area contributed by atoms with Gasteiger partial charge in [0.2, 0.25) is 10.0 Å². The summed E-state index contributed by atoms with van der Waals surface area (Å²) in [5.74, 6) is -0.462. The van der Waals surface area contributed by atoms with E-state index in [-0.39, 0.29) is 22.3 Å². The minimum absolute atomic E-state index is 0.0272. The zero-order chi connectivity index (χ0) is 19.4. The molecule has 2 aromatic rings. The fraction of sp³-hybridized carbons (Fsp3) is 0.389. The van der Waals surface area contributed by atoms with Crippen molar-refractivity contribution in [2.45, 2.75) is 30.3 Å². The van der Waals surface area contributed by atoms with Crippen molar-refractivity contribution < 1.29 is 17.9 Å². The molecule has 0 radical (unpaired) electrons. The van der Waals surface area contributed by atoms with Gasteiger partial charge in [0, 0.05) is 25.8 Å². The average molecular weight is 414 g/mol. The Balaban J connectivity index is 1.77. The number of pyridine rings is 1. The van der Waals surface area contributed by atoms with Crippen LogP contribution >= 0.6 is 11.6 Å². The Bertz CT molecular complexity index is 904. The molecule has 1 aliphatic rings. The SMILES string of the molecule is O=S(=O)(c1cccnc1NCC(O)c1ccc(Cl)c(F)c1)N1CCCCC1. The van der Waals surface area contributed by atoms with E-state index in [2.05, 4.69) is 10.3 Å². The van der Waals surface area contributed by atoms with Crippen LogP contribution in [0.1, 0.15) is 30.9 Å². The summed E-state index contributed by atoms with van der Waals surface area (Å²) in [5, 5.41) is 13.1. The van der Waals surface area contributed by atoms with Crippen LogP contribution in [0.5, 0.6) is 0 Å². The Morgan fingerprint density at radius 1 is 1.26 bits per heavy atom. The number of benzene rings is 1. The molecule has 1 aromatic carbocycles. The van der Waals surface area contributed by atoms with Crippen molar-refractivity contribution in [1.82, 2.24) is 9.29 Å². The van der Waals surface area contributed by atoms with E-state index in [4.69, 9.17) is 11.6 Å². The quantitative estimate of drug-likeness (QED) is 0.759. The molecule has 0 bridgehead atoms. The molecule has 0 spiro atoms. The maximum atomic E-state index is 13.6. The number of aliphatic hydroxyl groups excluding tert-OH is 1. The lowest BCUT2D eigenvalue weighted by Gasteiger charge is -2.26. The van der Waals surface area contributed by atoms with Gasteiger partial charge in [0.25, 0.3) is 0 Å². The third-order valence-electron chi connectivity index (χ3n) is 4.49. The third-order valence-corrected chi connectivity index (χ3v) is 6.73. The normalized spacial score (nSPS) is 16.9. The number of sulfonamides is 1. The molecule has 27 heavy (non-hydrogen) atoms. The van der Waals surface area contributed by atoms with Crippen LogP contribution in [-0.4, -0.2) is 42.4 Å². The second-order valence-corrected chi connectivity index (χ2v) is 8.70. The highest BCUT2D eigenvalue weighted by Crippen LogP contribution is 2.26. The number of nitrogens with zero attached hydrogens (tertiary/aromatic N) is 2. The van der Waals surface area contributed by atoms with Gasteiger partial charge in [0.05, 0.1) is 11.1 Å². The number of aromatic nitrogens is 1. The number of hydrogen-bond donors (Lipinski definition) is 2. The number of piperidine rings is 1. The molecule has 1 saturated heterocycles. The van der Waals surface area contributed by atoms with Gasteiger partial charge < -0.3 is 10.4 Å². The molecule has 0 aliphatic carbocycles. The van der Waals surface area contributed by atoms with Crippen LogP contribution in [0, 0.1) is 5.82 Å². The second-order valence-electron chi connectivity index (χ2n) is 6.39. The van der Waals surface area contributed by atoms with E-state index < -0.39 is 21.9 Å². The third kappa shape index (κ3) is 4.57. The van der Waals surface area contributed by atoms with Crippen LogP contribution < -0.4 is 5.32 Å². The molecule has 1 unspecified atom stereocenters. The zero-order valence-corrected chi connectivity index (χ0v) is 16.2. The predicted molar refractivity (Wildman–Crippen MR) is 102 cm³/mol. The summed E-state index contributed by atoms with van der Waals surface area (Å²) in [5.41, 5.74) is 0.334. The van der Waals surface area contributed by atoms with Gasteiger partial charge in [-0.05, 0) is 42.7 Å². The Labute approximate surface area is 163 Å². The van der Waals surface area contributed by atoms with Gasteiger partial charge in [-0.15, -0.1) is 0 Å². The lowest BCUT2D eigenvalue weighted by molar-refractivity contribution is 0.191.